The van der Waals surface area contributed by atoms with E-state index in [-0.39, 0.29) is 0 Å². The van der Waals surface area contributed by atoms with E-state index >= 15 is 0 Å². The first-order valence-electron chi connectivity index (χ1n) is 18.4. The third-order valence-electron chi connectivity index (χ3n) is 11.1. The monoisotopic (exact) mass is 694 g/mol. The Labute approximate surface area is 313 Å². The van der Waals surface area contributed by atoms with Crippen LogP contribution in [0.25, 0.3) is 75.8 Å². The Morgan fingerprint density at radius 2 is 0.792 bits per heavy atom. The molecule has 2 heterocycles. The van der Waals surface area contributed by atoms with E-state index in [9.17, 15) is 0 Å². The van der Waals surface area contributed by atoms with Gasteiger partial charge < -0.3 is 9.80 Å². The topological polar surface area (TPSA) is 6.48 Å². The molecule has 9 aromatic rings. The lowest BCUT2D eigenvalue weighted by atomic mass is 9.79. The van der Waals surface area contributed by atoms with Gasteiger partial charge in [0.1, 0.15) is 0 Å². The summed E-state index contributed by atoms with van der Waals surface area (Å²) < 4.78 is 2.67. The standard InChI is InChI=1S/C50H34N2S/c1-3-14-34(15-4-1)51-28-29-52(35-16-5-2-6-17-35)48-32-46-40-21-10-9-20-39(40)44-30-33(36-23-13-24-43-42-22-11-12-25-49(42)53-50(36)43)26-27-41(44)37-18-7-8-19-38(37)45(46)31-47(48)51/h1-27,30-32H,28-29H2. The fourth-order valence-electron chi connectivity index (χ4n) is 8.70. The molecule has 1 aromatic heterocycles. The number of fused-ring (bicyclic) bond motifs is 12. The van der Waals surface area contributed by atoms with Crippen LogP contribution in [-0.4, -0.2) is 13.1 Å². The second kappa shape index (κ2) is 12.1. The number of anilines is 4. The predicted molar refractivity (Wildman–Crippen MR) is 227 cm³/mol. The van der Waals surface area contributed by atoms with E-state index in [0.717, 1.165) is 13.1 Å². The van der Waals surface area contributed by atoms with Crippen LogP contribution in [0.3, 0.4) is 0 Å². The van der Waals surface area contributed by atoms with Crippen molar-refractivity contribution in [2.24, 2.45) is 0 Å². The van der Waals surface area contributed by atoms with Gasteiger partial charge in [-0.3, -0.25) is 0 Å². The van der Waals surface area contributed by atoms with Gasteiger partial charge in [0, 0.05) is 44.6 Å². The summed E-state index contributed by atoms with van der Waals surface area (Å²) in [6, 6.07) is 67.4. The van der Waals surface area contributed by atoms with Crippen LogP contribution in [0.1, 0.15) is 0 Å². The molecule has 0 saturated carbocycles. The maximum Gasteiger partial charge on any atom is 0.0659 e. The van der Waals surface area contributed by atoms with Gasteiger partial charge in [0.05, 0.1) is 11.4 Å². The second-order valence-electron chi connectivity index (χ2n) is 14.0. The molecular weight excluding hydrogens is 661 g/mol. The van der Waals surface area contributed by atoms with Crippen molar-refractivity contribution < 1.29 is 0 Å². The zero-order valence-corrected chi connectivity index (χ0v) is 29.9. The molecule has 8 aromatic carbocycles. The lowest BCUT2D eigenvalue weighted by molar-refractivity contribution is 0.850. The van der Waals surface area contributed by atoms with Gasteiger partial charge in [0.2, 0.25) is 0 Å². The molecule has 2 nitrogen and oxygen atoms in total. The van der Waals surface area contributed by atoms with Gasteiger partial charge in [-0.15, -0.1) is 11.3 Å². The maximum atomic E-state index is 2.50. The van der Waals surface area contributed by atoms with Crippen LogP contribution in [-0.2, 0) is 0 Å². The van der Waals surface area contributed by atoms with Gasteiger partial charge in [-0.1, -0.05) is 133 Å². The van der Waals surface area contributed by atoms with Crippen LogP contribution in [0.2, 0.25) is 0 Å². The van der Waals surface area contributed by atoms with Gasteiger partial charge in [0.15, 0.2) is 0 Å². The molecule has 0 atom stereocenters. The quantitative estimate of drug-likeness (QED) is 0.182. The summed E-state index contributed by atoms with van der Waals surface area (Å²) in [7, 11) is 0. The third kappa shape index (κ3) is 4.78. The fraction of sp³-hybridized carbons (Fsp3) is 0.0400. The maximum absolute atomic E-state index is 2.50. The fourth-order valence-corrected chi connectivity index (χ4v) is 9.94. The van der Waals surface area contributed by atoms with Gasteiger partial charge in [0.25, 0.3) is 0 Å². The van der Waals surface area contributed by atoms with E-state index in [1.165, 1.54) is 98.6 Å². The number of hydrogen-bond donors (Lipinski definition) is 0. The molecule has 0 spiro atoms. The van der Waals surface area contributed by atoms with Crippen LogP contribution >= 0.6 is 11.3 Å². The minimum Gasteiger partial charge on any atom is -0.338 e. The molecule has 1 aliphatic carbocycles. The first-order chi connectivity index (χ1) is 26.3. The molecule has 0 amide bonds. The van der Waals surface area contributed by atoms with Crippen molar-refractivity contribution in [2.75, 3.05) is 22.9 Å². The molecule has 53 heavy (non-hydrogen) atoms. The minimum atomic E-state index is 0.887. The number of rotatable bonds is 3. The molecule has 250 valence electrons. The smallest absolute Gasteiger partial charge is 0.0659 e. The first-order valence-corrected chi connectivity index (χ1v) is 19.2. The van der Waals surface area contributed by atoms with Crippen molar-refractivity contribution in [1.82, 2.24) is 0 Å². The van der Waals surface area contributed by atoms with Gasteiger partial charge in [-0.05, 0) is 104 Å². The van der Waals surface area contributed by atoms with E-state index in [2.05, 4.69) is 192 Å². The van der Waals surface area contributed by atoms with Crippen LogP contribution < -0.4 is 9.80 Å². The van der Waals surface area contributed by atoms with Crippen molar-refractivity contribution in [3.8, 4) is 55.6 Å². The van der Waals surface area contributed by atoms with Crippen molar-refractivity contribution in [3.63, 3.8) is 0 Å². The van der Waals surface area contributed by atoms with E-state index in [1.807, 2.05) is 11.3 Å². The van der Waals surface area contributed by atoms with E-state index in [4.69, 9.17) is 0 Å². The van der Waals surface area contributed by atoms with Gasteiger partial charge in [-0.25, -0.2) is 0 Å². The molecule has 0 bridgehead atoms. The zero-order chi connectivity index (χ0) is 34.9. The Balaban J connectivity index is 1.17. The van der Waals surface area contributed by atoms with Crippen LogP contribution in [0, 0.1) is 0 Å². The molecule has 3 heteroatoms. The molecule has 11 rings (SSSR count). The molecule has 0 radical (unpaired) electrons. The van der Waals surface area contributed by atoms with Crippen LogP contribution in [0.4, 0.5) is 22.7 Å². The van der Waals surface area contributed by atoms with E-state index in [1.54, 1.807) is 0 Å². The molecule has 0 saturated heterocycles. The van der Waals surface area contributed by atoms with Gasteiger partial charge in [-0.2, -0.15) is 0 Å². The average molecular weight is 695 g/mol. The summed E-state index contributed by atoms with van der Waals surface area (Å²) in [6.07, 6.45) is 0. The van der Waals surface area contributed by atoms with Crippen molar-refractivity contribution >= 4 is 54.3 Å². The molecule has 2 aliphatic rings. The number of benzene rings is 8. The Morgan fingerprint density at radius 1 is 0.340 bits per heavy atom. The summed E-state index contributed by atoms with van der Waals surface area (Å²) in [5.41, 5.74) is 17.5. The Hall–Kier alpha value is -6.42. The highest BCUT2D eigenvalue weighted by Crippen LogP contribution is 2.53. The average Bonchev–Trinajstić information content (AvgIpc) is 3.62. The molecule has 0 N–H and O–H groups in total. The third-order valence-corrected chi connectivity index (χ3v) is 12.3. The molecule has 1 aliphatic heterocycles. The lowest BCUT2D eigenvalue weighted by Gasteiger charge is -2.40. The first kappa shape index (κ1) is 30.2. The van der Waals surface area contributed by atoms with Crippen LogP contribution in [0.15, 0.2) is 182 Å². The van der Waals surface area contributed by atoms with Crippen LogP contribution in [0.5, 0.6) is 0 Å². The molecular formula is C50H34N2S. The number of hydrogen-bond acceptors (Lipinski definition) is 3. The summed E-state index contributed by atoms with van der Waals surface area (Å²) in [6.45, 7) is 1.78. The Morgan fingerprint density at radius 3 is 1.40 bits per heavy atom. The number of para-hydroxylation sites is 2. The lowest BCUT2D eigenvalue weighted by Crippen LogP contribution is -2.36. The highest BCUT2D eigenvalue weighted by molar-refractivity contribution is 7.26. The predicted octanol–water partition coefficient (Wildman–Crippen LogP) is 14.0. The Bertz CT molecular complexity index is 2850. The highest BCUT2D eigenvalue weighted by atomic mass is 32.1. The minimum absolute atomic E-state index is 0.887. The SMILES string of the molecule is c1ccc(N2CCN(c3ccccc3)c3cc4c(cc32)-c2ccccc2-c2ccc(-c3cccc5c3sc3ccccc35)cc2-c2ccccc2-4)cc1. The molecule has 0 unspecified atom stereocenters. The zero-order valence-electron chi connectivity index (χ0n) is 29.0. The Kier molecular flexibility index (Phi) is 6.89. The van der Waals surface area contributed by atoms with E-state index < -0.39 is 0 Å². The van der Waals surface area contributed by atoms with Crippen molar-refractivity contribution in [2.45, 2.75) is 0 Å². The number of thiophene rings is 1. The summed E-state index contributed by atoms with van der Waals surface area (Å²) >= 11 is 1.89. The van der Waals surface area contributed by atoms with Crippen molar-refractivity contribution in [1.29, 1.82) is 0 Å². The number of nitrogens with zero attached hydrogens (tertiary/aromatic N) is 2. The molecule has 0 fully saturated rings. The largest absolute Gasteiger partial charge is 0.338 e. The van der Waals surface area contributed by atoms with Crippen molar-refractivity contribution in [3.05, 3.63) is 182 Å². The summed E-state index contributed by atoms with van der Waals surface area (Å²) in [5, 5.41) is 2.65. The summed E-state index contributed by atoms with van der Waals surface area (Å²) in [4.78, 5) is 5.00. The second-order valence-corrected chi connectivity index (χ2v) is 15.0. The van der Waals surface area contributed by atoms with E-state index in [0.29, 0.717) is 0 Å². The normalized spacial score (nSPS) is 13.1. The summed E-state index contributed by atoms with van der Waals surface area (Å²) in [5.74, 6) is 0. The van der Waals surface area contributed by atoms with Gasteiger partial charge >= 0.3 is 0 Å². The highest BCUT2D eigenvalue weighted by Gasteiger charge is 2.30.